The number of nitrogens with one attached hydrogen (secondary N) is 1. The van der Waals surface area contributed by atoms with Gasteiger partial charge in [0.05, 0.1) is 5.02 Å². The van der Waals surface area contributed by atoms with Crippen LogP contribution in [0.2, 0.25) is 5.02 Å². The summed E-state index contributed by atoms with van der Waals surface area (Å²) in [6.07, 6.45) is 0. The van der Waals surface area contributed by atoms with Gasteiger partial charge in [-0.3, -0.25) is 0 Å². The first-order valence-electron chi connectivity index (χ1n) is 5.12. The first-order chi connectivity index (χ1) is 8.04. The van der Waals surface area contributed by atoms with Crippen molar-refractivity contribution >= 4 is 23.2 Å². The van der Waals surface area contributed by atoms with Crippen molar-refractivity contribution in [1.82, 2.24) is 9.97 Å². The molecule has 1 aromatic carbocycles. The molecule has 2 N–H and O–H groups in total. The second kappa shape index (κ2) is 4.59. The van der Waals surface area contributed by atoms with Crippen molar-refractivity contribution in [2.24, 2.45) is 0 Å². The minimum atomic E-state index is 0.0287. The Balaban J connectivity index is 2.28. The van der Waals surface area contributed by atoms with Crippen LogP contribution in [0, 0.1) is 13.8 Å². The zero-order valence-corrected chi connectivity index (χ0v) is 10.3. The summed E-state index contributed by atoms with van der Waals surface area (Å²) in [6, 6.07) is 6.79. The summed E-state index contributed by atoms with van der Waals surface area (Å²) in [5, 5.41) is 12.8. The molecule has 5 heteroatoms. The summed E-state index contributed by atoms with van der Waals surface area (Å²) >= 11 is 5.73. The standard InChI is InChI=1S/C12H12ClN3O/c1-7-5-8(2)15-12(14-7)16-9-3-4-10(13)11(17)6-9/h3-6,17H,1-2H3,(H,14,15,16). The van der Waals surface area contributed by atoms with Gasteiger partial charge in [-0.25, -0.2) is 9.97 Å². The molecule has 0 radical (unpaired) electrons. The number of phenolic OH excluding ortho intramolecular Hbond substituents is 1. The van der Waals surface area contributed by atoms with E-state index in [1.165, 1.54) is 6.07 Å². The van der Waals surface area contributed by atoms with Crippen molar-refractivity contribution in [2.75, 3.05) is 5.32 Å². The van der Waals surface area contributed by atoms with Crippen LogP contribution in [-0.2, 0) is 0 Å². The number of hydrogen-bond acceptors (Lipinski definition) is 4. The smallest absolute Gasteiger partial charge is 0.227 e. The van der Waals surface area contributed by atoms with E-state index in [4.69, 9.17) is 11.6 Å². The highest BCUT2D eigenvalue weighted by molar-refractivity contribution is 6.32. The quantitative estimate of drug-likeness (QED) is 0.858. The fourth-order valence-electron chi connectivity index (χ4n) is 1.50. The van der Waals surface area contributed by atoms with Crippen molar-refractivity contribution in [2.45, 2.75) is 13.8 Å². The van der Waals surface area contributed by atoms with Crippen LogP contribution in [0.15, 0.2) is 24.3 Å². The first-order valence-corrected chi connectivity index (χ1v) is 5.50. The molecular formula is C12H12ClN3O. The fraction of sp³-hybridized carbons (Fsp3) is 0.167. The predicted octanol–water partition coefficient (Wildman–Crippen LogP) is 3.20. The SMILES string of the molecule is Cc1cc(C)nc(Nc2ccc(Cl)c(O)c2)n1. The third kappa shape index (κ3) is 2.85. The second-order valence-electron chi connectivity index (χ2n) is 3.77. The number of anilines is 2. The van der Waals surface area contributed by atoms with E-state index in [1.807, 2.05) is 19.9 Å². The van der Waals surface area contributed by atoms with Gasteiger partial charge in [0, 0.05) is 23.1 Å². The Morgan fingerprint density at radius 2 is 1.76 bits per heavy atom. The van der Waals surface area contributed by atoms with Gasteiger partial charge in [0.2, 0.25) is 5.95 Å². The molecule has 17 heavy (non-hydrogen) atoms. The lowest BCUT2D eigenvalue weighted by Crippen LogP contribution is -1.99. The Labute approximate surface area is 104 Å². The van der Waals surface area contributed by atoms with E-state index in [-0.39, 0.29) is 5.75 Å². The van der Waals surface area contributed by atoms with Gasteiger partial charge in [-0.1, -0.05) is 11.6 Å². The van der Waals surface area contributed by atoms with Crippen molar-refractivity contribution < 1.29 is 5.11 Å². The summed E-state index contributed by atoms with van der Waals surface area (Å²) in [5.74, 6) is 0.533. The minimum absolute atomic E-state index is 0.0287. The molecule has 0 saturated heterocycles. The number of phenols is 1. The molecule has 0 spiro atoms. The van der Waals surface area contributed by atoms with E-state index in [0.29, 0.717) is 16.7 Å². The topological polar surface area (TPSA) is 58.0 Å². The highest BCUT2D eigenvalue weighted by Gasteiger charge is 2.03. The highest BCUT2D eigenvalue weighted by atomic mass is 35.5. The van der Waals surface area contributed by atoms with Gasteiger partial charge < -0.3 is 10.4 Å². The Morgan fingerprint density at radius 1 is 1.12 bits per heavy atom. The van der Waals surface area contributed by atoms with Crippen LogP contribution in [0.4, 0.5) is 11.6 Å². The van der Waals surface area contributed by atoms with Crippen LogP contribution in [0.3, 0.4) is 0 Å². The third-order valence-corrected chi connectivity index (χ3v) is 2.50. The first kappa shape index (κ1) is 11.7. The molecular weight excluding hydrogens is 238 g/mol. The van der Waals surface area contributed by atoms with E-state index in [1.54, 1.807) is 12.1 Å². The Bertz CT molecular complexity index is 537. The van der Waals surface area contributed by atoms with E-state index < -0.39 is 0 Å². The molecule has 1 heterocycles. The lowest BCUT2D eigenvalue weighted by Gasteiger charge is -2.07. The van der Waals surface area contributed by atoms with E-state index in [0.717, 1.165) is 11.4 Å². The predicted molar refractivity (Wildman–Crippen MR) is 67.9 cm³/mol. The molecule has 0 unspecified atom stereocenters. The molecule has 0 aliphatic heterocycles. The van der Waals surface area contributed by atoms with Crippen molar-refractivity contribution in [3.05, 3.63) is 40.7 Å². The Hall–Kier alpha value is -1.81. The van der Waals surface area contributed by atoms with Crippen molar-refractivity contribution in [3.63, 3.8) is 0 Å². The highest BCUT2D eigenvalue weighted by Crippen LogP contribution is 2.27. The maximum absolute atomic E-state index is 9.47. The number of aromatic hydroxyl groups is 1. The number of hydrogen-bond donors (Lipinski definition) is 2. The maximum atomic E-state index is 9.47. The molecule has 1 aromatic heterocycles. The molecule has 0 saturated carbocycles. The Morgan fingerprint density at radius 3 is 2.35 bits per heavy atom. The fourth-order valence-corrected chi connectivity index (χ4v) is 1.62. The van der Waals surface area contributed by atoms with Crippen molar-refractivity contribution in [3.8, 4) is 5.75 Å². The Kier molecular flexibility index (Phi) is 3.15. The third-order valence-electron chi connectivity index (χ3n) is 2.18. The number of benzene rings is 1. The zero-order chi connectivity index (χ0) is 12.4. The molecule has 0 amide bonds. The van der Waals surface area contributed by atoms with Crippen LogP contribution in [0.1, 0.15) is 11.4 Å². The van der Waals surface area contributed by atoms with Crippen LogP contribution < -0.4 is 5.32 Å². The molecule has 0 aliphatic rings. The summed E-state index contributed by atoms with van der Waals surface area (Å²) in [7, 11) is 0. The molecule has 0 bridgehead atoms. The molecule has 2 rings (SSSR count). The number of aryl methyl sites for hydroxylation is 2. The number of aromatic nitrogens is 2. The van der Waals surface area contributed by atoms with Gasteiger partial charge in [0.1, 0.15) is 5.75 Å². The average Bonchev–Trinajstić information content (AvgIpc) is 2.22. The number of halogens is 1. The molecule has 88 valence electrons. The molecule has 0 fully saturated rings. The molecule has 0 aliphatic carbocycles. The molecule has 2 aromatic rings. The van der Waals surface area contributed by atoms with E-state index in [2.05, 4.69) is 15.3 Å². The zero-order valence-electron chi connectivity index (χ0n) is 9.53. The normalized spacial score (nSPS) is 10.3. The maximum Gasteiger partial charge on any atom is 0.227 e. The summed E-state index contributed by atoms with van der Waals surface area (Å²) < 4.78 is 0. The van der Waals surface area contributed by atoms with Crippen molar-refractivity contribution in [1.29, 1.82) is 0 Å². The summed E-state index contributed by atoms with van der Waals surface area (Å²) in [4.78, 5) is 8.49. The van der Waals surface area contributed by atoms with Crippen LogP contribution in [-0.4, -0.2) is 15.1 Å². The summed E-state index contributed by atoms with van der Waals surface area (Å²) in [5.41, 5.74) is 2.47. The largest absolute Gasteiger partial charge is 0.506 e. The van der Waals surface area contributed by atoms with E-state index in [9.17, 15) is 5.11 Å². The van der Waals surface area contributed by atoms with Crippen LogP contribution in [0.25, 0.3) is 0 Å². The monoisotopic (exact) mass is 249 g/mol. The average molecular weight is 250 g/mol. The van der Waals surface area contributed by atoms with Crippen LogP contribution >= 0.6 is 11.6 Å². The van der Waals surface area contributed by atoms with Gasteiger partial charge in [-0.15, -0.1) is 0 Å². The number of rotatable bonds is 2. The summed E-state index contributed by atoms with van der Waals surface area (Å²) in [6.45, 7) is 3.80. The van der Waals surface area contributed by atoms with Gasteiger partial charge in [-0.2, -0.15) is 0 Å². The van der Waals surface area contributed by atoms with Gasteiger partial charge in [0.15, 0.2) is 0 Å². The van der Waals surface area contributed by atoms with Gasteiger partial charge in [-0.05, 0) is 32.0 Å². The van der Waals surface area contributed by atoms with E-state index >= 15 is 0 Å². The molecule has 0 atom stereocenters. The number of nitrogens with zero attached hydrogens (tertiary/aromatic N) is 2. The minimum Gasteiger partial charge on any atom is -0.506 e. The van der Waals surface area contributed by atoms with Crippen LogP contribution in [0.5, 0.6) is 5.75 Å². The molecule has 4 nitrogen and oxygen atoms in total. The lowest BCUT2D eigenvalue weighted by atomic mass is 10.3. The second-order valence-corrected chi connectivity index (χ2v) is 4.17. The van der Waals surface area contributed by atoms with Gasteiger partial charge in [0.25, 0.3) is 0 Å². The lowest BCUT2D eigenvalue weighted by molar-refractivity contribution is 0.476. The van der Waals surface area contributed by atoms with Gasteiger partial charge >= 0.3 is 0 Å².